The molecule has 5 nitrogen and oxygen atoms in total. The SMILES string of the molecule is CCN(CC)Cc1cc(Br)cc(OCCNC(=O)OC(C)(C)C)c1. The predicted octanol–water partition coefficient (Wildman–Crippen LogP) is 4.19. The fraction of sp³-hybridized carbons (Fsp3) is 0.611. The molecule has 24 heavy (non-hydrogen) atoms. The molecule has 1 amide bonds. The summed E-state index contributed by atoms with van der Waals surface area (Å²) in [6.45, 7) is 13.5. The molecule has 0 saturated carbocycles. The Morgan fingerprint density at radius 3 is 2.46 bits per heavy atom. The standard InChI is InChI=1S/C18H29BrN2O3/c1-6-21(7-2)13-14-10-15(19)12-16(11-14)23-9-8-20-17(22)24-18(3,4)5/h10-12H,6-9,13H2,1-5H3,(H,20,22). The highest BCUT2D eigenvalue weighted by Crippen LogP contribution is 2.22. The van der Waals surface area contributed by atoms with Crippen LogP contribution in [0.2, 0.25) is 0 Å². The summed E-state index contributed by atoms with van der Waals surface area (Å²) in [7, 11) is 0. The van der Waals surface area contributed by atoms with Crippen LogP contribution >= 0.6 is 15.9 Å². The van der Waals surface area contributed by atoms with Gasteiger partial charge in [-0.3, -0.25) is 4.90 Å². The first-order chi connectivity index (χ1) is 11.2. The number of alkyl carbamates (subject to hydrolysis) is 1. The number of hydrogen-bond donors (Lipinski definition) is 1. The van der Waals surface area contributed by atoms with Crippen molar-refractivity contribution in [3.63, 3.8) is 0 Å². The van der Waals surface area contributed by atoms with Crippen LogP contribution in [-0.2, 0) is 11.3 Å². The van der Waals surface area contributed by atoms with Gasteiger partial charge in [-0.2, -0.15) is 0 Å². The summed E-state index contributed by atoms with van der Waals surface area (Å²) in [5.74, 6) is 0.789. The zero-order valence-corrected chi connectivity index (χ0v) is 16.9. The normalized spacial score (nSPS) is 11.5. The largest absolute Gasteiger partial charge is 0.492 e. The highest BCUT2D eigenvalue weighted by molar-refractivity contribution is 9.10. The van der Waals surface area contributed by atoms with E-state index in [9.17, 15) is 4.79 Å². The van der Waals surface area contributed by atoms with Crippen LogP contribution in [0, 0.1) is 0 Å². The Balaban J connectivity index is 2.48. The van der Waals surface area contributed by atoms with Crippen LogP contribution in [0.25, 0.3) is 0 Å². The van der Waals surface area contributed by atoms with Crippen LogP contribution in [0.1, 0.15) is 40.2 Å². The maximum Gasteiger partial charge on any atom is 0.407 e. The van der Waals surface area contributed by atoms with Gasteiger partial charge in [0.05, 0.1) is 6.54 Å². The molecule has 0 fully saturated rings. The van der Waals surface area contributed by atoms with Crippen molar-refractivity contribution in [2.75, 3.05) is 26.2 Å². The summed E-state index contributed by atoms with van der Waals surface area (Å²) >= 11 is 3.52. The zero-order chi connectivity index (χ0) is 18.2. The molecule has 1 aromatic carbocycles. The number of carbonyl (C=O) groups excluding carboxylic acids is 1. The number of nitrogens with zero attached hydrogens (tertiary/aromatic N) is 1. The van der Waals surface area contributed by atoms with Crippen molar-refractivity contribution in [1.29, 1.82) is 0 Å². The summed E-state index contributed by atoms with van der Waals surface area (Å²) < 4.78 is 11.9. The zero-order valence-electron chi connectivity index (χ0n) is 15.3. The van der Waals surface area contributed by atoms with E-state index in [1.807, 2.05) is 32.9 Å². The lowest BCUT2D eigenvalue weighted by Crippen LogP contribution is -2.34. The van der Waals surface area contributed by atoms with Gasteiger partial charge in [0.15, 0.2) is 0 Å². The van der Waals surface area contributed by atoms with Crippen LogP contribution in [0.4, 0.5) is 4.79 Å². The molecule has 1 N–H and O–H groups in total. The number of ether oxygens (including phenoxy) is 2. The molecule has 0 heterocycles. The van der Waals surface area contributed by atoms with Crippen molar-refractivity contribution in [3.8, 4) is 5.75 Å². The van der Waals surface area contributed by atoms with Crippen molar-refractivity contribution >= 4 is 22.0 Å². The van der Waals surface area contributed by atoms with Gasteiger partial charge in [0, 0.05) is 11.0 Å². The molecular weight excluding hydrogens is 372 g/mol. The lowest BCUT2D eigenvalue weighted by Gasteiger charge is -2.20. The number of halogens is 1. The number of benzene rings is 1. The highest BCUT2D eigenvalue weighted by atomic mass is 79.9. The molecule has 0 unspecified atom stereocenters. The Bertz CT molecular complexity index is 525. The molecule has 0 aliphatic rings. The quantitative estimate of drug-likeness (QED) is 0.664. The van der Waals surface area contributed by atoms with Gasteiger partial charge in [-0.1, -0.05) is 29.8 Å². The van der Waals surface area contributed by atoms with Crippen LogP contribution in [0.3, 0.4) is 0 Å². The summed E-state index contributed by atoms with van der Waals surface area (Å²) in [4.78, 5) is 13.9. The van der Waals surface area contributed by atoms with Crippen LogP contribution in [-0.4, -0.2) is 42.8 Å². The minimum Gasteiger partial charge on any atom is -0.492 e. The summed E-state index contributed by atoms with van der Waals surface area (Å²) in [5, 5.41) is 2.68. The van der Waals surface area contributed by atoms with Crippen LogP contribution in [0.15, 0.2) is 22.7 Å². The average molecular weight is 401 g/mol. The average Bonchev–Trinajstić information content (AvgIpc) is 2.47. The molecule has 6 heteroatoms. The molecule has 0 aliphatic carbocycles. The Morgan fingerprint density at radius 2 is 1.88 bits per heavy atom. The summed E-state index contributed by atoms with van der Waals surface area (Å²) in [5.41, 5.74) is 0.706. The fourth-order valence-corrected chi connectivity index (χ4v) is 2.66. The molecule has 1 rings (SSSR count). The minimum absolute atomic E-state index is 0.389. The topological polar surface area (TPSA) is 50.8 Å². The molecule has 0 bridgehead atoms. The Kier molecular flexibility index (Phi) is 8.56. The minimum atomic E-state index is -0.492. The monoisotopic (exact) mass is 400 g/mol. The second-order valence-corrected chi connectivity index (χ2v) is 7.45. The van der Waals surface area contributed by atoms with E-state index in [4.69, 9.17) is 9.47 Å². The molecule has 0 saturated heterocycles. The van der Waals surface area contributed by atoms with Crippen LogP contribution < -0.4 is 10.1 Å². The van der Waals surface area contributed by atoms with Crippen molar-refractivity contribution in [2.45, 2.75) is 46.8 Å². The fourth-order valence-electron chi connectivity index (χ4n) is 2.14. The van der Waals surface area contributed by atoms with E-state index in [-0.39, 0.29) is 0 Å². The van der Waals surface area contributed by atoms with Gasteiger partial charge < -0.3 is 14.8 Å². The molecule has 0 spiro atoms. The first kappa shape index (κ1) is 20.8. The lowest BCUT2D eigenvalue weighted by molar-refractivity contribution is 0.0520. The van der Waals surface area contributed by atoms with Gasteiger partial charge >= 0.3 is 6.09 Å². The number of rotatable bonds is 8. The van der Waals surface area contributed by atoms with Crippen molar-refractivity contribution < 1.29 is 14.3 Å². The smallest absolute Gasteiger partial charge is 0.407 e. The van der Waals surface area contributed by atoms with Gasteiger partial charge in [-0.25, -0.2) is 4.79 Å². The second kappa shape index (κ2) is 9.89. The van der Waals surface area contributed by atoms with Crippen molar-refractivity contribution in [1.82, 2.24) is 10.2 Å². The van der Waals surface area contributed by atoms with Gasteiger partial charge in [-0.15, -0.1) is 0 Å². The van der Waals surface area contributed by atoms with Crippen molar-refractivity contribution in [3.05, 3.63) is 28.2 Å². The van der Waals surface area contributed by atoms with Gasteiger partial charge in [0.1, 0.15) is 18.0 Å². The summed E-state index contributed by atoms with van der Waals surface area (Å²) in [6.07, 6.45) is -0.428. The van der Waals surface area contributed by atoms with Crippen LogP contribution in [0.5, 0.6) is 5.75 Å². The highest BCUT2D eigenvalue weighted by Gasteiger charge is 2.15. The molecule has 0 aromatic heterocycles. The van der Waals surface area contributed by atoms with Crippen molar-refractivity contribution in [2.24, 2.45) is 0 Å². The van der Waals surface area contributed by atoms with Gasteiger partial charge in [0.2, 0.25) is 0 Å². The van der Waals surface area contributed by atoms with E-state index in [1.54, 1.807) is 0 Å². The molecule has 0 aliphatic heterocycles. The van der Waals surface area contributed by atoms with E-state index in [1.165, 1.54) is 5.56 Å². The lowest BCUT2D eigenvalue weighted by atomic mass is 10.2. The molecule has 0 radical (unpaired) electrons. The molecule has 1 aromatic rings. The first-order valence-electron chi connectivity index (χ1n) is 8.35. The van der Waals surface area contributed by atoms with E-state index in [0.717, 1.165) is 29.9 Å². The summed E-state index contributed by atoms with van der Waals surface area (Å²) in [6, 6.07) is 6.07. The molecule has 136 valence electrons. The second-order valence-electron chi connectivity index (χ2n) is 6.53. The maximum atomic E-state index is 11.6. The van der Waals surface area contributed by atoms with E-state index in [2.05, 4.69) is 46.1 Å². The van der Waals surface area contributed by atoms with Gasteiger partial charge in [0.25, 0.3) is 0 Å². The first-order valence-corrected chi connectivity index (χ1v) is 9.14. The Labute approximate surface area is 153 Å². The van der Waals surface area contributed by atoms with Gasteiger partial charge in [-0.05, 0) is 57.6 Å². The van der Waals surface area contributed by atoms with E-state index >= 15 is 0 Å². The third-order valence-electron chi connectivity index (χ3n) is 3.27. The third-order valence-corrected chi connectivity index (χ3v) is 3.73. The molecular formula is C18H29BrN2O3. The maximum absolute atomic E-state index is 11.6. The van der Waals surface area contributed by atoms with E-state index in [0.29, 0.717) is 13.2 Å². The predicted molar refractivity (Wildman–Crippen MR) is 100 cm³/mol. The third kappa shape index (κ3) is 8.55. The number of hydrogen-bond acceptors (Lipinski definition) is 4. The number of carbonyl (C=O) groups is 1. The van der Waals surface area contributed by atoms with E-state index < -0.39 is 11.7 Å². The number of nitrogens with one attached hydrogen (secondary N) is 1. The molecule has 0 atom stereocenters. The number of amides is 1. The Hall–Kier alpha value is -1.27. The Morgan fingerprint density at radius 1 is 1.21 bits per heavy atom.